The van der Waals surface area contributed by atoms with Crippen LogP contribution in [0.2, 0.25) is 0 Å². The van der Waals surface area contributed by atoms with Gasteiger partial charge in [0.25, 0.3) is 0 Å². The van der Waals surface area contributed by atoms with Crippen molar-refractivity contribution in [3.05, 3.63) is 24.5 Å². The zero-order chi connectivity index (χ0) is 6.91. The van der Waals surface area contributed by atoms with Gasteiger partial charge in [-0.2, -0.15) is 8.42 Å². The molecule has 0 saturated heterocycles. The van der Waals surface area contributed by atoms with Crippen LogP contribution >= 0.6 is 10.7 Å². The van der Waals surface area contributed by atoms with Gasteiger partial charge >= 0.3 is 9.24 Å². The molecule has 0 aliphatic heterocycles. The molecule has 1 heterocycles. The summed E-state index contributed by atoms with van der Waals surface area (Å²) in [5.74, 6) is 0. The average molecular weight is 166 g/mol. The maximum atomic E-state index is 10.4. The van der Waals surface area contributed by atoms with Crippen LogP contribution in [0.1, 0.15) is 0 Å². The summed E-state index contributed by atoms with van der Waals surface area (Å²) >= 11 is 0. The van der Waals surface area contributed by atoms with Crippen molar-refractivity contribution >= 4 is 19.9 Å². The lowest BCUT2D eigenvalue weighted by Crippen LogP contribution is -1.99. The Labute approximate surface area is 57.4 Å². The van der Waals surface area contributed by atoms with Gasteiger partial charge in [0.05, 0.1) is 0 Å². The molecular formula is C4H4ClNO2S. The summed E-state index contributed by atoms with van der Waals surface area (Å²) in [5.41, 5.74) is 0. The van der Waals surface area contributed by atoms with Crippen molar-refractivity contribution in [3.8, 4) is 0 Å². The van der Waals surface area contributed by atoms with Gasteiger partial charge in [0.2, 0.25) is 0 Å². The lowest BCUT2D eigenvalue weighted by Gasteiger charge is -1.91. The van der Waals surface area contributed by atoms with Gasteiger partial charge in [0.15, 0.2) is 0 Å². The molecule has 5 heteroatoms. The van der Waals surface area contributed by atoms with Gasteiger partial charge in [-0.1, -0.05) is 0 Å². The topological polar surface area (TPSA) is 39.1 Å². The van der Waals surface area contributed by atoms with Crippen molar-refractivity contribution in [2.75, 3.05) is 0 Å². The highest BCUT2D eigenvalue weighted by Crippen LogP contribution is 2.01. The lowest BCUT2D eigenvalue weighted by molar-refractivity contribution is 0.602. The van der Waals surface area contributed by atoms with Crippen molar-refractivity contribution in [1.82, 2.24) is 3.97 Å². The van der Waals surface area contributed by atoms with Gasteiger partial charge in [-0.3, -0.25) is 0 Å². The first-order valence-electron chi connectivity index (χ1n) is 2.19. The molecule has 1 aromatic heterocycles. The van der Waals surface area contributed by atoms with E-state index in [1.807, 2.05) is 0 Å². The van der Waals surface area contributed by atoms with E-state index in [9.17, 15) is 8.42 Å². The van der Waals surface area contributed by atoms with Crippen LogP contribution in [-0.2, 0) is 9.24 Å². The van der Waals surface area contributed by atoms with Crippen LogP contribution in [0.15, 0.2) is 24.5 Å². The minimum absolute atomic E-state index is 0.925. The Morgan fingerprint density at radius 2 is 1.67 bits per heavy atom. The van der Waals surface area contributed by atoms with E-state index < -0.39 is 9.24 Å². The summed E-state index contributed by atoms with van der Waals surface area (Å²) in [5, 5.41) is 0. The molecule has 0 N–H and O–H groups in total. The molecule has 9 heavy (non-hydrogen) atoms. The molecule has 50 valence electrons. The molecule has 0 spiro atoms. The van der Waals surface area contributed by atoms with Gasteiger partial charge in [0, 0.05) is 23.1 Å². The third-order valence-electron chi connectivity index (χ3n) is 0.829. The first-order chi connectivity index (χ1) is 4.11. The maximum absolute atomic E-state index is 10.4. The van der Waals surface area contributed by atoms with Crippen molar-refractivity contribution in [2.24, 2.45) is 0 Å². The van der Waals surface area contributed by atoms with E-state index in [4.69, 9.17) is 10.7 Å². The summed E-state index contributed by atoms with van der Waals surface area (Å²) in [6.07, 6.45) is 2.73. The molecule has 0 bridgehead atoms. The number of hydrogen-bond donors (Lipinski definition) is 0. The fourth-order valence-corrected chi connectivity index (χ4v) is 1.17. The molecule has 1 rings (SSSR count). The number of rotatable bonds is 1. The highest BCUT2D eigenvalue weighted by Gasteiger charge is 2.03. The second-order valence-corrected chi connectivity index (χ2v) is 3.87. The Morgan fingerprint density at radius 3 is 1.89 bits per heavy atom. The lowest BCUT2D eigenvalue weighted by atomic mass is 10.7. The fraction of sp³-hybridized carbons (Fsp3) is 0. The maximum Gasteiger partial charge on any atom is 0.324 e. The summed E-state index contributed by atoms with van der Waals surface area (Å²) in [6.45, 7) is 0. The molecule has 0 aliphatic rings. The van der Waals surface area contributed by atoms with E-state index in [2.05, 4.69) is 0 Å². The van der Waals surface area contributed by atoms with E-state index in [1.54, 1.807) is 12.1 Å². The standard InChI is InChI=1S/C4H4ClNO2S/c5-9(7,8)6-3-1-2-4-6/h1-4H. The van der Waals surface area contributed by atoms with E-state index in [-0.39, 0.29) is 0 Å². The van der Waals surface area contributed by atoms with Crippen molar-refractivity contribution < 1.29 is 8.42 Å². The monoisotopic (exact) mass is 165 g/mol. The Balaban J connectivity index is 3.20. The molecule has 0 amide bonds. The molecule has 1 aromatic rings. The number of nitrogens with zero attached hydrogens (tertiary/aromatic N) is 1. The second-order valence-electron chi connectivity index (χ2n) is 1.46. The normalized spacial score (nSPS) is 11.7. The van der Waals surface area contributed by atoms with Crippen LogP contribution in [0.4, 0.5) is 0 Å². The van der Waals surface area contributed by atoms with Crippen LogP contribution in [-0.4, -0.2) is 12.4 Å². The van der Waals surface area contributed by atoms with E-state index >= 15 is 0 Å². The van der Waals surface area contributed by atoms with Crippen molar-refractivity contribution in [2.45, 2.75) is 0 Å². The minimum Gasteiger partial charge on any atom is -0.240 e. The first-order valence-corrected chi connectivity index (χ1v) is 4.45. The predicted octanol–water partition coefficient (Wildman–Crippen LogP) is 0.820. The predicted molar refractivity (Wildman–Crippen MR) is 34.6 cm³/mol. The second kappa shape index (κ2) is 2.04. The molecule has 0 atom stereocenters. The number of aromatic nitrogens is 1. The molecular weight excluding hydrogens is 162 g/mol. The van der Waals surface area contributed by atoms with Crippen LogP contribution in [0.25, 0.3) is 0 Å². The van der Waals surface area contributed by atoms with E-state index in [0.717, 1.165) is 3.97 Å². The minimum atomic E-state index is -3.57. The highest BCUT2D eigenvalue weighted by molar-refractivity contribution is 8.12. The smallest absolute Gasteiger partial charge is 0.240 e. The van der Waals surface area contributed by atoms with Crippen LogP contribution in [0.3, 0.4) is 0 Å². The highest BCUT2D eigenvalue weighted by atomic mass is 35.7. The number of hydrogen-bond acceptors (Lipinski definition) is 2. The average Bonchev–Trinajstić information content (AvgIpc) is 2.08. The quantitative estimate of drug-likeness (QED) is 0.578. The van der Waals surface area contributed by atoms with Crippen LogP contribution in [0, 0.1) is 0 Å². The molecule has 0 aliphatic carbocycles. The zero-order valence-electron chi connectivity index (χ0n) is 4.36. The van der Waals surface area contributed by atoms with Gasteiger partial charge in [-0.15, -0.1) is 0 Å². The van der Waals surface area contributed by atoms with Crippen LogP contribution < -0.4 is 0 Å². The Morgan fingerprint density at radius 1 is 1.22 bits per heavy atom. The van der Waals surface area contributed by atoms with Crippen molar-refractivity contribution in [3.63, 3.8) is 0 Å². The van der Waals surface area contributed by atoms with E-state index in [0.29, 0.717) is 0 Å². The molecule has 0 fully saturated rings. The Kier molecular flexibility index (Phi) is 1.50. The number of halogens is 1. The third kappa shape index (κ3) is 1.46. The summed E-state index contributed by atoms with van der Waals surface area (Å²) in [6, 6.07) is 3.17. The molecule has 0 saturated carbocycles. The van der Waals surface area contributed by atoms with Crippen molar-refractivity contribution in [1.29, 1.82) is 0 Å². The molecule has 0 radical (unpaired) electrons. The van der Waals surface area contributed by atoms with Gasteiger partial charge in [0.1, 0.15) is 0 Å². The molecule has 3 nitrogen and oxygen atoms in total. The summed E-state index contributed by atoms with van der Waals surface area (Å²) < 4.78 is 21.8. The third-order valence-corrected chi connectivity index (χ3v) is 2.05. The van der Waals surface area contributed by atoms with Crippen LogP contribution in [0.5, 0.6) is 0 Å². The largest absolute Gasteiger partial charge is 0.324 e. The SMILES string of the molecule is O=S(=O)(Cl)n1cccc1. The van der Waals surface area contributed by atoms with Gasteiger partial charge < -0.3 is 0 Å². The zero-order valence-corrected chi connectivity index (χ0v) is 5.93. The van der Waals surface area contributed by atoms with Gasteiger partial charge in [-0.25, -0.2) is 3.97 Å². The van der Waals surface area contributed by atoms with Gasteiger partial charge in [-0.05, 0) is 12.1 Å². The first kappa shape index (κ1) is 6.64. The Bertz CT molecular complexity index is 276. The Hall–Kier alpha value is -0.480. The summed E-state index contributed by atoms with van der Waals surface area (Å²) in [7, 11) is 1.36. The summed E-state index contributed by atoms with van der Waals surface area (Å²) in [4.78, 5) is 0. The fourth-order valence-electron chi connectivity index (χ4n) is 0.464. The molecule has 0 unspecified atom stereocenters. The molecule has 0 aromatic carbocycles. The van der Waals surface area contributed by atoms with E-state index in [1.165, 1.54) is 12.4 Å².